The molecule has 0 aromatic heterocycles. The van der Waals surface area contributed by atoms with Crippen molar-refractivity contribution < 1.29 is 23.9 Å². The summed E-state index contributed by atoms with van der Waals surface area (Å²) in [4.78, 5) is 39.5. The van der Waals surface area contributed by atoms with Crippen LogP contribution in [0.25, 0.3) is 0 Å². The number of ketones is 1. The maximum absolute atomic E-state index is 12.8. The van der Waals surface area contributed by atoms with Crippen LogP contribution in [0.5, 0.6) is 5.75 Å². The molecule has 1 amide bonds. The van der Waals surface area contributed by atoms with E-state index >= 15 is 0 Å². The third kappa shape index (κ3) is 5.77. The molecule has 31 heavy (non-hydrogen) atoms. The molecule has 0 spiro atoms. The lowest BCUT2D eigenvalue weighted by molar-refractivity contribution is -0.151. The van der Waals surface area contributed by atoms with Crippen molar-refractivity contribution in [3.05, 3.63) is 59.1 Å². The first-order valence-corrected chi connectivity index (χ1v) is 10.9. The maximum Gasteiger partial charge on any atom is 0.312 e. The molecule has 1 aliphatic rings. The summed E-state index contributed by atoms with van der Waals surface area (Å²) in [6, 6.07) is 13.4. The van der Waals surface area contributed by atoms with Crippen LogP contribution in [0.2, 0.25) is 5.02 Å². The van der Waals surface area contributed by atoms with E-state index in [2.05, 4.69) is 0 Å². The first-order valence-electron chi connectivity index (χ1n) is 10.0. The molecule has 2 atom stereocenters. The molecule has 8 heteroatoms. The third-order valence-electron chi connectivity index (χ3n) is 4.97. The van der Waals surface area contributed by atoms with Gasteiger partial charge in [0, 0.05) is 41.5 Å². The van der Waals surface area contributed by atoms with Crippen LogP contribution in [-0.4, -0.2) is 42.8 Å². The number of carbonyl (C=O) groups is 3. The zero-order valence-corrected chi connectivity index (χ0v) is 18.6. The first kappa shape index (κ1) is 23.1. The molecule has 0 aliphatic carbocycles. The number of esters is 1. The summed E-state index contributed by atoms with van der Waals surface area (Å²) in [6.45, 7) is 2.63. The molecule has 0 unspecified atom stereocenters. The van der Waals surface area contributed by atoms with E-state index in [0.29, 0.717) is 28.6 Å². The lowest BCUT2D eigenvalue weighted by atomic mass is 10.0. The van der Waals surface area contributed by atoms with Gasteiger partial charge in [0.1, 0.15) is 5.75 Å². The molecular weight excluding hydrogens is 441 g/mol. The molecule has 0 saturated carbocycles. The van der Waals surface area contributed by atoms with Gasteiger partial charge < -0.3 is 14.4 Å². The molecule has 0 bridgehead atoms. The van der Waals surface area contributed by atoms with Crippen molar-refractivity contribution in [1.82, 2.24) is 0 Å². The Morgan fingerprint density at radius 3 is 2.42 bits per heavy atom. The van der Waals surface area contributed by atoms with E-state index in [1.165, 1.54) is 0 Å². The minimum atomic E-state index is -1.01. The number of ether oxygens (including phenoxy) is 2. The maximum atomic E-state index is 12.8. The molecule has 0 radical (unpaired) electrons. The molecule has 1 fully saturated rings. The SMILES string of the molecule is CCOc1ccc(N2C[C@@H](C(=O)O[C@H](CCCl)C(=O)c3ccc(Cl)cc3)CC2=O)cc1. The number of nitrogens with zero attached hydrogens (tertiary/aromatic N) is 1. The Bertz CT molecular complexity index is 930. The van der Waals surface area contributed by atoms with Gasteiger partial charge in [-0.25, -0.2) is 0 Å². The number of anilines is 1. The van der Waals surface area contributed by atoms with Crippen LogP contribution in [0.4, 0.5) is 5.69 Å². The lowest BCUT2D eigenvalue weighted by Gasteiger charge is -2.19. The van der Waals surface area contributed by atoms with E-state index in [4.69, 9.17) is 32.7 Å². The Labute approximate surface area is 191 Å². The Kier molecular flexibility index (Phi) is 7.93. The summed E-state index contributed by atoms with van der Waals surface area (Å²) in [6.07, 6.45) is -0.812. The minimum absolute atomic E-state index is 0.0226. The Balaban J connectivity index is 1.66. The summed E-state index contributed by atoms with van der Waals surface area (Å²) >= 11 is 11.7. The third-order valence-corrected chi connectivity index (χ3v) is 5.44. The van der Waals surface area contributed by atoms with E-state index in [1.807, 2.05) is 6.92 Å². The highest BCUT2D eigenvalue weighted by Crippen LogP contribution is 2.28. The number of alkyl halides is 1. The van der Waals surface area contributed by atoms with Crippen LogP contribution in [0.3, 0.4) is 0 Å². The largest absolute Gasteiger partial charge is 0.494 e. The Morgan fingerprint density at radius 1 is 1.13 bits per heavy atom. The Morgan fingerprint density at radius 2 is 1.81 bits per heavy atom. The summed E-state index contributed by atoms with van der Waals surface area (Å²) in [5.41, 5.74) is 1.06. The summed E-state index contributed by atoms with van der Waals surface area (Å²) < 4.78 is 10.9. The van der Waals surface area contributed by atoms with Crippen LogP contribution in [0, 0.1) is 5.92 Å². The van der Waals surface area contributed by atoms with Gasteiger partial charge in [-0.3, -0.25) is 14.4 Å². The van der Waals surface area contributed by atoms with Gasteiger partial charge in [-0.2, -0.15) is 0 Å². The quantitative estimate of drug-likeness (QED) is 0.310. The molecule has 2 aromatic rings. The lowest BCUT2D eigenvalue weighted by Crippen LogP contribution is -2.32. The van der Waals surface area contributed by atoms with Gasteiger partial charge in [-0.15, -0.1) is 11.6 Å². The molecule has 1 saturated heterocycles. The fraction of sp³-hybridized carbons (Fsp3) is 0.348. The monoisotopic (exact) mass is 463 g/mol. The number of halogens is 2. The molecule has 1 heterocycles. The Hall–Kier alpha value is -2.57. The van der Waals surface area contributed by atoms with Gasteiger partial charge in [-0.05, 0) is 55.5 Å². The average Bonchev–Trinajstić information content (AvgIpc) is 3.16. The zero-order chi connectivity index (χ0) is 22.4. The van der Waals surface area contributed by atoms with Crippen molar-refractivity contribution in [3.8, 4) is 5.75 Å². The second kappa shape index (κ2) is 10.6. The van der Waals surface area contributed by atoms with Gasteiger partial charge in [0.15, 0.2) is 6.10 Å². The number of hydrogen-bond acceptors (Lipinski definition) is 5. The highest BCUT2D eigenvalue weighted by molar-refractivity contribution is 6.30. The van der Waals surface area contributed by atoms with E-state index in [0.717, 1.165) is 0 Å². The van der Waals surface area contributed by atoms with Crippen molar-refractivity contribution in [2.45, 2.75) is 25.9 Å². The van der Waals surface area contributed by atoms with E-state index in [9.17, 15) is 14.4 Å². The first-order chi connectivity index (χ1) is 14.9. The van der Waals surface area contributed by atoms with Crippen molar-refractivity contribution in [2.75, 3.05) is 23.9 Å². The fourth-order valence-corrected chi connectivity index (χ4v) is 3.71. The van der Waals surface area contributed by atoms with Gasteiger partial charge in [0.25, 0.3) is 0 Å². The van der Waals surface area contributed by atoms with Crippen molar-refractivity contribution in [3.63, 3.8) is 0 Å². The van der Waals surface area contributed by atoms with E-state index in [-0.39, 0.29) is 37.0 Å². The number of benzene rings is 2. The molecule has 164 valence electrons. The number of amides is 1. The van der Waals surface area contributed by atoms with Gasteiger partial charge in [0.05, 0.1) is 12.5 Å². The molecule has 0 N–H and O–H groups in total. The van der Waals surface area contributed by atoms with Gasteiger partial charge >= 0.3 is 5.97 Å². The second-order valence-electron chi connectivity index (χ2n) is 7.11. The predicted molar refractivity (Wildman–Crippen MR) is 119 cm³/mol. The predicted octanol–water partition coefficient (Wildman–Crippen LogP) is 4.52. The van der Waals surface area contributed by atoms with Gasteiger partial charge in [0.2, 0.25) is 11.7 Å². The van der Waals surface area contributed by atoms with Crippen LogP contribution >= 0.6 is 23.2 Å². The number of carbonyl (C=O) groups excluding carboxylic acids is 3. The van der Waals surface area contributed by atoms with Crippen LogP contribution < -0.4 is 9.64 Å². The standard InChI is InChI=1S/C23H23Cl2NO5/c1-2-30-19-9-7-18(8-10-19)26-14-16(13-21(26)27)23(29)31-20(11-12-24)22(28)15-3-5-17(25)6-4-15/h3-10,16,20H,2,11-14H2,1H3/t16-,20+/m0/s1. The number of hydrogen-bond donors (Lipinski definition) is 0. The van der Waals surface area contributed by atoms with Gasteiger partial charge in [-0.1, -0.05) is 11.6 Å². The van der Waals surface area contributed by atoms with Crippen LogP contribution in [-0.2, 0) is 14.3 Å². The van der Waals surface area contributed by atoms with E-state index < -0.39 is 18.0 Å². The van der Waals surface area contributed by atoms with E-state index in [1.54, 1.807) is 53.4 Å². The molecular formula is C23H23Cl2NO5. The van der Waals surface area contributed by atoms with Crippen LogP contribution in [0.15, 0.2) is 48.5 Å². The van der Waals surface area contributed by atoms with Crippen LogP contribution in [0.1, 0.15) is 30.1 Å². The minimum Gasteiger partial charge on any atom is -0.494 e. The highest BCUT2D eigenvalue weighted by Gasteiger charge is 2.38. The number of Topliss-reactive ketones (excluding diaryl/α,β-unsaturated/α-hetero) is 1. The molecule has 6 nitrogen and oxygen atoms in total. The van der Waals surface area contributed by atoms with Crippen molar-refractivity contribution in [1.29, 1.82) is 0 Å². The molecule has 2 aromatic carbocycles. The average molecular weight is 464 g/mol. The summed E-state index contributed by atoms with van der Waals surface area (Å²) in [5, 5.41) is 0.501. The normalized spacial score (nSPS) is 16.8. The number of rotatable bonds is 9. The molecule has 1 aliphatic heterocycles. The van der Waals surface area contributed by atoms with Crippen molar-refractivity contribution in [2.24, 2.45) is 5.92 Å². The highest BCUT2D eigenvalue weighted by atomic mass is 35.5. The second-order valence-corrected chi connectivity index (χ2v) is 7.92. The fourth-order valence-electron chi connectivity index (χ4n) is 3.38. The summed E-state index contributed by atoms with van der Waals surface area (Å²) in [7, 11) is 0. The zero-order valence-electron chi connectivity index (χ0n) is 17.1. The van der Waals surface area contributed by atoms with Crippen molar-refractivity contribution >= 4 is 46.5 Å². The molecule has 3 rings (SSSR count). The summed E-state index contributed by atoms with van der Waals surface area (Å²) in [5.74, 6) is -0.908. The topological polar surface area (TPSA) is 72.9 Å². The smallest absolute Gasteiger partial charge is 0.312 e.